The Bertz CT molecular complexity index is 484. The highest BCUT2D eigenvalue weighted by atomic mass is 16.5. The monoisotopic (exact) mass is 291 g/mol. The number of ether oxygens (including phenoxy) is 1. The number of hydrogen-bond acceptors (Lipinski definition) is 4. The number of rotatable bonds is 5. The summed E-state index contributed by atoms with van der Waals surface area (Å²) < 4.78 is 5.14. The Morgan fingerprint density at radius 3 is 2.76 bits per heavy atom. The minimum atomic E-state index is -0.143. The molecule has 1 atom stereocenters. The number of methoxy groups -OCH3 is 1. The minimum Gasteiger partial charge on any atom is -0.497 e. The number of carbonyl (C=O) groups is 1. The van der Waals surface area contributed by atoms with E-state index in [9.17, 15) is 4.79 Å². The summed E-state index contributed by atoms with van der Waals surface area (Å²) in [6.45, 7) is 5.03. The molecule has 116 valence electrons. The molecule has 1 aromatic carbocycles. The van der Waals surface area contributed by atoms with E-state index in [0.717, 1.165) is 13.1 Å². The van der Waals surface area contributed by atoms with Crippen LogP contribution in [0.3, 0.4) is 0 Å². The second-order valence-electron chi connectivity index (χ2n) is 5.61. The van der Waals surface area contributed by atoms with Crippen molar-refractivity contribution in [2.45, 2.75) is 32.2 Å². The Hall–Kier alpha value is -1.75. The lowest BCUT2D eigenvalue weighted by Crippen LogP contribution is -2.44. The maximum absolute atomic E-state index is 12.3. The van der Waals surface area contributed by atoms with Gasteiger partial charge in [-0.3, -0.25) is 9.69 Å². The Kier molecular flexibility index (Phi) is 5.44. The molecule has 0 aliphatic carbocycles. The van der Waals surface area contributed by atoms with Crippen LogP contribution in [0.1, 0.15) is 36.5 Å². The molecule has 1 aromatic rings. The van der Waals surface area contributed by atoms with E-state index < -0.39 is 0 Å². The molecule has 3 N–H and O–H groups in total. The zero-order valence-corrected chi connectivity index (χ0v) is 12.9. The van der Waals surface area contributed by atoms with E-state index in [0.29, 0.717) is 29.6 Å². The maximum atomic E-state index is 12.3. The van der Waals surface area contributed by atoms with Crippen molar-refractivity contribution in [2.24, 2.45) is 0 Å². The van der Waals surface area contributed by atoms with Gasteiger partial charge in [-0.1, -0.05) is 6.42 Å². The number of nitrogens with one attached hydrogen (secondary N) is 1. The smallest absolute Gasteiger partial charge is 0.253 e. The number of carbonyl (C=O) groups excluding carboxylic acids is 1. The molecule has 0 spiro atoms. The van der Waals surface area contributed by atoms with Crippen LogP contribution in [0.15, 0.2) is 18.2 Å². The average molecular weight is 291 g/mol. The molecule has 5 nitrogen and oxygen atoms in total. The van der Waals surface area contributed by atoms with Crippen LogP contribution in [0, 0.1) is 0 Å². The molecule has 1 amide bonds. The molecule has 1 aliphatic heterocycles. The number of anilines is 1. The van der Waals surface area contributed by atoms with E-state index in [1.165, 1.54) is 19.3 Å². The van der Waals surface area contributed by atoms with Crippen LogP contribution in [0.4, 0.5) is 5.69 Å². The number of amides is 1. The Balaban J connectivity index is 1.92. The third kappa shape index (κ3) is 4.11. The zero-order valence-electron chi connectivity index (χ0n) is 12.9. The SMILES string of the molecule is COc1ccc(N)c(C(=O)NCC(C)N2CCCCC2)c1. The number of nitrogen functional groups attached to an aromatic ring is 1. The first-order valence-electron chi connectivity index (χ1n) is 7.57. The lowest BCUT2D eigenvalue weighted by atomic mass is 10.1. The van der Waals surface area contributed by atoms with Crippen molar-refractivity contribution in [3.63, 3.8) is 0 Å². The number of likely N-dealkylation sites (tertiary alicyclic amines) is 1. The van der Waals surface area contributed by atoms with Gasteiger partial charge in [0.1, 0.15) is 5.75 Å². The molecular formula is C16H25N3O2. The predicted octanol–water partition coefficient (Wildman–Crippen LogP) is 1.88. The molecule has 0 saturated carbocycles. The molecule has 0 radical (unpaired) electrons. The van der Waals surface area contributed by atoms with Crippen LogP contribution in [-0.4, -0.2) is 43.6 Å². The van der Waals surface area contributed by atoms with E-state index in [4.69, 9.17) is 10.5 Å². The number of benzene rings is 1. The maximum Gasteiger partial charge on any atom is 0.253 e. The third-order valence-corrected chi connectivity index (χ3v) is 4.08. The second kappa shape index (κ2) is 7.31. The second-order valence-corrected chi connectivity index (χ2v) is 5.61. The van der Waals surface area contributed by atoms with Crippen molar-refractivity contribution in [1.82, 2.24) is 10.2 Å². The summed E-state index contributed by atoms with van der Waals surface area (Å²) in [5.41, 5.74) is 6.81. The van der Waals surface area contributed by atoms with Crippen molar-refractivity contribution in [3.8, 4) is 5.75 Å². The van der Waals surface area contributed by atoms with Crippen molar-refractivity contribution in [3.05, 3.63) is 23.8 Å². The van der Waals surface area contributed by atoms with Crippen molar-refractivity contribution in [1.29, 1.82) is 0 Å². The number of nitrogens with zero attached hydrogens (tertiary/aromatic N) is 1. The fourth-order valence-corrected chi connectivity index (χ4v) is 2.68. The molecule has 21 heavy (non-hydrogen) atoms. The normalized spacial score (nSPS) is 17.2. The van der Waals surface area contributed by atoms with Gasteiger partial charge in [0.05, 0.1) is 12.7 Å². The summed E-state index contributed by atoms with van der Waals surface area (Å²) >= 11 is 0. The Morgan fingerprint density at radius 2 is 2.10 bits per heavy atom. The van der Waals surface area contributed by atoms with Crippen LogP contribution in [0.25, 0.3) is 0 Å². The van der Waals surface area contributed by atoms with E-state index in [1.54, 1.807) is 25.3 Å². The summed E-state index contributed by atoms with van der Waals surface area (Å²) in [7, 11) is 1.58. The molecule has 1 aliphatic rings. The molecule has 1 fully saturated rings. The summed E-state index contributed by atoms with van der Waals surface area (Å²) in [6, 6.07) is 5.47. The third-order valence-electron chi connectivity index (χ3n) is 4.08. The molecule has 1 saturated heterocycles. The Labute approximate surface area is 126 Å². The first-order valence-corrected chi connectivity index (χ1v) is 7.57. The molecule has 2 rings (SSSR count). The van der Waals surface area contributed by atoms with Gasteiger partial charge in [-0.05, 0) is 51.1 Å². The van der Waals surface area contributed by atoms with Gasteiger partial charge >= 0.3 is 0 Å². The van der Waals surface area contributed by atoms with Gasteiger partial charge < -0.3 is 15.8 Å². The van der Waals surface area contributed by atoms with E-state index in [1.807, 2.05) is 0 Å². The Morgan fingerprint density at radius 1 is 1.38 bits per heavy atom. The van der Waals surface area contributed by atoms with Crippen molar-refractivity contribution >= 4 is 11.6 Å². The van der Waals surface area contributed by atoms with Crippen molar-refractivity contribution < 1.29 is 9.53 Å². The summed E-state index contributed by atoms with van der Waals surface area (Å²) in [5, 5.41) is 2.97. The minimum absolute atomic E-state index is 0.143. The number of piperidine rings is 1. The highest BCUT2D eigenvalue weighted by molar-refractivity contribution is 5.99. The van der Waals surface area contributed by atoms with E-state index in [2.05, 4.69) is 17.1 Å². The largest absolute Gasteiger partial charge is 0.497 e. The molecular weight excluding hydrogens is 266 g/mol. The first-order chi connectivity index (χ1) is 10.1. The molecule has 1 heterocycles. The van der Waals surface area contributed by atoms with Crippen LogP contribution >= 0.6 is 0 Å². The van der Waals surface area contributed by atoms with Crippen molar-refractivity contribution in [2.75, 3.05) is 32.5 Å². The van der Waals surface area contributed by atoms with E-state index >= 15 is 0 Å². The quantitative estimate of drug-likeness (QED) is 0.813. The fourth-order valence-electron chi connectivity index (χ4n) is 2.68. The summed E-state index contributed by atoms with van der Waals surface area (Å²) in [4.78, 5) is 14.7. The lowest BCUT2D eigenvalue weighted by Gasteiger charge is -2.32. The molecule has 0 aromatic heterocycles. The highest BCUT2D eigenvalue weighted by Crippen LogP contribution is 2.19. The van der Waals surface area contributed by atoms with Gasteiger partial charge in [0, 0.05) is 18.3 Å². The fraction of sp³-hybridized carbons (Fsp3) is 0.562. The van der Waals surface area contributed by atoms with Crippen LogP contribution < -0.4 is 15.8 Å². The van der Waals surface area contributed by atoms with E-state index in [-0.39, 0.29) is 5.91 Å². The zero-order chi connectivity index (χ0) is 15.2. The summed E-state index contributed by atoms with van der Waals surface area (Å²) in [5.74, 6) is 0.494. The van der Waals surface area contributed by atoms with Crippen LogP contribution in [0.2, 0.25) is 0 Å². The van der Waals surface area contributed by atoms with Gasteiger partial charge in [0.15, 0.2) is 0 Å². The topological polar surface area (TPSA) is 67.6 Å². The lowest BCUT2D eigenvalue weighted by molar-refractivity contribution is 0.0930. The van der Waals surface area contributed by atoms with Gasteiger partial charge in [0.25, 0.3) is 5.91 Å². The van der Waals surface area contributed by atoms with Crippen LogP contribution in [0.5, 0.6) is 5.75 Å². The van der Waals surface area contributed by atoms with Gasteiger partial charge in [-0.25, -0.2) is 0 Å². The molecule has 5 heteroatoms. The number of hydrogen-bond donors (Lipinski definition) is 2. The standard InChI is InChI=1S/C16H25N3O2/c1-12(19-8-4-3-5-9-19)11-18-16(20)14-10-13(21-2)6-7-15(14)17/h6-7,10,12H,3-5,8-9,11,17H2,1-2H3,(H,18,20). The predicted molar refractivity (Wildman–Crippen MR) is 84.6 cm³/mol. The van der Waals surface area contributed by atoms with Gasteiger partial charge in [0.2, 0.25) is 0 Å². The van der Waals surface area contributed by atoms with Crippen LogP contribution in [-0.2, 0) is 0 Å². The molecule has 1 unspecified atom stereocenters. The van der Waals surface area contributed by atoms with Gasteiger partial charge in [-0.15, -0.1) is 0 Å². The average Bonchev–Trinajstić information content (AvgIpc) is 2.53. The summed E-state index contributed by atoms with van der Waals surface area (Å²) in [6.07, 6.45) is 3.82. The van der Waals surface area contributed by atoms with Gasteiger partial charge in [-0.2, -0.15) is 0 Å². The molecule has 0 bridgehead atoms. The number of nitrogens with two attached hydrogens (primary N) is 1. The first kappa shape index (κ1) is 15.6. The highest BCUT2D eigenvalue weighted by Gasteiger charge is 2.18.